The normalized spacial score (nSPS) is 19.8. The van der Waals surface area contributed by atoms with E-state index in [2.05, 4.69) is 0 Å². The van der Waals surface area contributed by atoms with Gasteiger partial charge in [0.15, 0.2) is 0 Å². The fraction of sp³-hybridized carbons (Fsp3) is 0.500. The summed E-state index contributed by atoms with van der Waals surface area (Å²) in [7, 11) is 0. The Bertz CT molecular complexity index is 382. The molecular weight excluding hydrogens is 216 g/mol. The molecule has 1 aromatic rings. The number of hydrogen-bond acceptors (Lipinski definition) is 2. The molecular formula is C14H18O3. The van der Waals surface area contributed by atoms with Crippen LogP contribution in [0.5, 0.6) is 5.75 Å². The number of para-hydroxylation sites is 1. The number of aliphatic carboxylic acids is 1. The third-order valence-corrected chi connectivity index (χ3v) is 3.63. The summed E-state index contributed by atoms with van der Waals surface area (Å²) in [6.07, 6.45) is 4.09. The second-order valence-electron chi connectivity index (χ2n) is 4.81. The second kappa shape index (κ2) is 4.78. The fourth-order valence-electron chi connectivity index (χ4n) is 2.51. The smallest absolute Gasteiger partial charge is 0.348 e. The van der Waals surface area contributed by atoms with Gasteiger partial charge in [-0.15, -0.1) is 0 Å². The number of rotatable bonds is 4. The van der Waals surface area contributed by atoms with Crippen molar-refractivity contribution in [2.24, 2.45) is 5.92 Å². The van der Waals surface area contributed by atoms with Crippen molar-refractivity contribution >= 4 is 5.97 Å². The van der Waals surface area contributed by atoms with Crippen LogP contribution in [0.3, 0.4) is 0 Å². The number of benzene rings is 1. The Kier molecular flexibility index (Phi) is 3.36. The van der Waals surface area contributed by atoms with E-state index in [0.717, 1.165) is 25.7 Å². The van der Waals surface area contributed by atoms with E-state index in [4.69, 9.17) is 4.74 Å². The van der Waals surface area contributed by atoms with Crippen LogP contribution in [0, 0.1) is 5.92 Å². The van der Waals surface area contributed by atoms with Gasteiger partial charge in [-0.05, 0) is 31.9 Å². The lowest BCUT2D eigenvalue weighted by molar-refractivity contribution is -0.158. The molecule has 0 aliphatic heterocycles. The number of carboxylic acids is 1. The first kappa shape index (κ1) is 12.0. The van der Waals surface area contributed by atoms with Crippen molar-refractivity contribution in [1.29, 1.82) is 0 Å². The van der Waals surface area contributed by atoms with Crippen molar-refractivity contribution in [3.05, 3.63) is 30.3 Å². The van der Waals surface area contributed by atoms with Gasteiger partial charge in [-0.1, -0.05) is 31.0 Å². The summed E-state index contributed by atoms with van der Waals surface area (Å²) in [5.74, 6) is -0.127. The van der Waals surface area contributed by atoms with Gasteiger partial charge in [0.2, 0.25) is 5.60 Å². The molecule has 0 saturated heterocycles. The van der Waals surface area contributed by atoms with Crippen molar-refractivity contribution in [3.63, 3.8) is 0 Å². The fourth-order valence-corrected chi connectivity index (χ4v) is 2.51. The van der Waals surface area contributed by atoms with Crippen LogP contribution < -0.4 is 4.74 Å². The highest BCUT2D eigenvalue weighted by Gasteiger charge is 2.45. The minimum absolute atomic E-state index is 0.111. The van der Waals surface area contributed by atoms with Gasteiger partial charge in [-0.3, -0.25) is 0 Å². The molecule has 0 spiro atoms. The maximum absolute atomic E-state index is 11.5. The third-order valence-electron chi connectivity index (χ3n) is 3.63. The lowest BCUT2D eigenvalue weighted by atomic mass is 9.87. The molecule has 3 heteroatoms. The maximum atomic E-state index is 11.5. The van der Waals surface area contributed by atoms with Crippen molar-refractivity contribution in [1.82, 2.24) is 0 Å². The van der Waals surface area contributed by atoms with Gasteiger partial charge in [0.1, 0.15) is 5.75 Å². The predicted molar refractivity (Wildman–Crippen MR) is 65.1 cm³/mol. The molecule has 1 N–H and O–H groups in total. The molecule has 1 atom stereocenters. The van der Waals surface area contributed by atoms with E-state index in [1.54, 1.807) is 19.1 Å². The minimum atomic E-state index is -1.10. The molecule has 92 valence electrons. The summed E-state index contributed by atoms with van der Waals surface area (Å²) in [6.45, 7) is 1.69. The van der Waals surface area contributed by atoms with Crippen molar-refractivity contribution in [3.8, 4) is 5.75 Å². The molecule has 1 fully saturated rings. The highest BCUT2D eigenvalue weighted by atomic mass is 16.5. The Morgan fingerprint density at radius 2 is 1.88 bits per heavy atom. The summed E-state index contributed by atoms with van der Waals surface area (Å²) in [5.41, 5.74) is -1.10. The zero-order valence-electron chi connectivity index (χ0n) is 10.1. The van der Waals surface area contributed by atoms with Gasteiger partial charge in [0, 0.05) is 5.92 Å². The number of carbonyl (C=O) groups is 1. The zero-order chi connectivity index (χ0) is 12.3. The Hall–Kier alpha value is -1.51. The van der Waals surface area contributed by atoms with E-state index in [-0.39, 0.29) is 5.92 Å². The molecule has 0 bridgehead atoms. The average Bonchev–Trinajstić information content (AvgIpc) is 2.84. The first-order valence-corrected chi connectivity index (χ1v) is 6.10. The Morgan fingerprint density at radius 3 is 2.41 bits per heavy atom. The monoisotopic (exact) mass is 234 g/mol. The molecule has 2 rings (SSSR count). The third kappa shape index (κ3) is 2.43. The molecule has 1 aromatic carbocycles. The molecule has 0 radical (unpaired) electrons. The Morgan fingerprint density at radius 1 is 1.29 bits per heavy atom. The van der Waals surface area contributed by atoms with E-state index in [1.165, 1.54) is 0 Å². The minimum Gasteiger partial charge on any atom is -0.478 e. The number of ether oxygens (including phenoxy) is 1. The number of carboxylic acid groups (broad SMARTS) is 1. The number of hydrogen-bond donors (Lipinski definition) is 1. The zero-order valence-corrected chi connectivity index (χ0v) is 10.1. The highest BCUT2D eigenvalue weighted by Crippen LogP contribution is 2.37. The van der Waals surface area contributed by atoms with E-state index < -0.39 is 11.6 Å². The highest BCUT2D eigenvalue weighted by molar-refractivity contribution is 5.78. The standard InChI is InChI=1S/C14H18O3/c1-14(13(15)16,11-7-5-6-8-11)17-12-9-3-2-4-10-12/h2-4,9-11H,5-8H2,1H3,(H,15,16). The summed E-state index contributed by atoms with van der Waals surface area (Å²) in [4.78, 5) is 11.5. The summed E-state index contributed by atoms with van der Waals surface area (Å²) >= 11 is 0. The lowest BCUT2D eigenvalue weighted by Crippen LogP contribution is -2.47. The molecule has 1 unspecified atom stereocenters. The summed E-state index contributed by atoms with van der Waals surface area (Å²) in [5, 5.41) is 9.43. The second-order valence-corrected chi connectivity index (χ2v) is 4.81. The van der Waals surface area contributed by atoms with Gasteiger partial charge in [0.25, 0.3) is 0 Å². The molecule has 0 amide bonds. The van der Waals surface area contributed by atoms with Crippen molar-refractivity contribution in [2.75, 3.05) is 0 Å². The molecule has 17 heavy (non-hydrogen) atoms. The van der Waals surface area contributed by atoms with E-state index in [9.17, 15) is 9.90 Å². The van der Waals surface area contributed by atoms with Crippen LogP contribution in [0.4, 0.5) is 0 Å². The predicted octanol–water partition coefficient (Wildman–Crippen LogP) is 3.10. The quantitative estimate of drug-likeness (QED) is 0.870. The molecule has 1 aliphatic rings. The first-order valence-electron chi connectivity index (χ1n) is 6.10. The van der Waals surface area contributed by atoms with Crippen molar-refractivity contribution in [2.45, 2.75) is 38.2 Å². The van der Waals surface area contributed by atoms with Crippen LogP contribution in [-0.2, 0) is 4.79 Å². The van der Waals surface area contributed by atoms with Crippen LogP contribution in [-0.4, -0.2) is 16.7 Å². The Balaban J connectivity index is 2.19. The molecule has 0 heterocycles. The topological polar surface area (TPSA) is 46.5 Å². The van der Waals surface area contributed by atoms with E-state index in [0.29, 0.717) is 5.75 Å². The van der Waals surface area contributed by atoms with E-state index in [1.807, 2.05) is 18.2 Å². The van der Waals surface area contributed by atoms with Gasteiger partial charge < -0.3 is 9.84 Å². The van der Waals surface area contributed by atoms with Gasteiger partial charge in [-0.2, -0.15) is 0 Å². The van der Waals surface area contributed by atoms with E-state index >= 15 is 0 Å². The first-order chi connectivity index (χ1) is 8.13. The average molecular weight is 234 g/mol. The van der Waals surface area contributed by atoms with Gasteiger partial charge in [0.05, 0.1) is 0 Å². The van der Waals surface area contributed by atoms with Crippen LogP contribution in [0.1, 0.15) is 32.6 Å². The molecule has 0 aromatic heterocycles. The Labute approximate surface area is 101 Å². The van der Waals surface area contributed by atoms with Gasteiger partial charge in [-0.25, -0.2) is 4.79 Å². The SMILES string of the molecule is CC(Oc1ccccc1)(C(=O)O)C1CCCC1. The maximum Gasteiger partial charge on any atom is 0.348 e. The largest absolute Gasteiger partial charge is 0.478 e. The van der Waals surface area contributed by atoms with Crippen molar-refractivity contribution < 1.29 is 14.6 Å². The van der Waals surface area contributed by atoms with Gasteiger partial charge >= 0.3 is 5.97 Å². The van der Waals surface area contributed by atoms with Crippen LogP contribution >= 0.6 is 0 Å². The molecule has 1 saturated carbocycles. The van der Waals surface area contributed by atoms with Crippen LogP contribution in [0.15, 0.2) is 30.3 Å². The van der Waals surface area contributed by atoms with Crippen LogP contribution in [0.25, 0.3) is 0 Å². The molecule has 1 aliphatic carbocycles. The summed E-state index contributed by atoms with van der Waals surface area (Å²) < 4.78 is 5.75. The van der Waals surface area contributed by atoms with Crippen LogP contribution in [0.2, 0.25) is 0 Å². The lowest BCUT2D eigenvalue weighted by Gasteiger charge is -2.32. The summed E-state index contributed by atoms with van der Waals surface area (Å²) in [6, 6.07) is 9.20. The molecule has 3 nitrogen and oxygen atoms in total.